The molecule has 2 aromatic rings. The quantitative estimate of drug-likeness (QED) is 0.515. The third-order valence-electron chi connectivity index (χ3n) is 5.34. The van der Waals surface area contributed by atoms with E-state index in [2.05, 4.69) is 43.0 Å². The van der Waals surface area contributed by atoms with Crippen molar-refractivity contribution in [3.63, 3.8) is 0 Å². The van der Waals surface area contributed by atoms with Crippen molar-refractivity contribution in [3.8, 4) is 5.75 Å². The highest BCUT2D eigenvalue weighted by atomic mass is 32.2. The van der Waals surface area contributed by atoms with Crippen molar-refractivity contribution in [1.82, 2.24) is 4.90 Å². The molecule has 2 aromatic carbocycles. The highest BCUT2D eigenvalue weighted by Gasteiger charge is 2.33. The Morgan fingerprint density at radius 2 is 1.89 bits per heavy atom. The molecule has 0 spiro atoms. The Labute approximate surface area is 173 Å². The first-order chi connectivity index (χ1) is 13.7. The summed E-state index contributed by atoms with van der Waals surface area (Å²) in [5.74, 6) is 2.36. The summed E-state index contributed by atoms with van der Waals surface area (Å²) >= 11 is 1.86. The van der Waals surface area contributed by atoms with Gasteiger partial charge in [0.1, 0.15) is 17.7 Å². The Kier molecular flexibility index (Phi) is 7.84. The maximum atomic E-state index is 13.1. The standard InChI is InChI=1S/C24H31NO2S/c1-3-5-11-20(4-2)23(26)25-16-17-28-24(25)21-12-14-22(15-13-21)27-18-19-9-7-6-8-10-19/h6-10,12-15,20,24H,3-5,11,16-18H2,1-2H3/t20-,24-/m0/s1. The summed E-state index contributed by atoms with van der Waals surface area (Å²) in [6.07, 6.45) is 4.21. The van der Waals surface area contributed by atoms with Crippen molar-refractivity contribution in [3.05, 3.63) is 65.7 Å². The van der Waals surface area contributed by atoms with Crippen LogP contribution in [0.2, 0.25) is 0 Å². The van der Waals surface area contributed by atoms with Crippen LogP contribution in [0.25, 0.3) is 0 Å². The molecule has 3 nitrogen and oxygen atoms in total. The summed E-state index contributed by atoms with van der Waals surface area (Å²) in [4.78, 5) is 15.2. The van der Waals surface area contributed by atoms with Gasteiger partial charge in [0.05, 0.1) is 0 Å². The molecular weight excluding hydrogens is 366 g/mol. The van der Waals surface area contributed by atoms with Crippen LogP contribution in [0.1, 0.15) is 56.0 Å². The molecule has 1 saturated heterocycles. The Hall–Kier alpha value is -1.94. The zero-order chi connectivity index (χ0) is 19.8. The van der Waals surface area contributed by atoms with E-state index in [4.69, 9.17) is 4.74 Å². The van der Waals surface area contributed by atoms with Crippen molar-refractivity contribution in [2.24, 2.45) is 5.92 Å². The fraction of sp³-hybridized carbons (Fsp3) is 0.458. The van der Waals surface area contributed by atoms with Crippen LogP contribution in [0, 0.1) is 5.92 Å². The average Bonchev–Trinajstić information content (AvgIpc) is 3.23. The van der Waals surface area contributed by atoms with Gasteiger partial charge in [-0.3, -0.25) is 4.79 Å². The minimum atomic E-state index is 0.131. The molecule has 0 saturated carbocycles. The van der Waals surface area contributed by atoms with Gasteiger partial charge in [-0.05, 0) is 36.1 Å². The van der Waals surface area contributed by atoms with E-state index in [1.807, 2.05) is 42.1 Å². The van der Waals surface area contributed by atoms with Gasteiger partial charge < -0.3 is 9.64 Å². The van der Waals surface area contributed by atoms with Gasteiger partial charge >= 0.3 is 0 Å². The fourth-order valence-corrected chi connectivity index (χ4v) is 4.89. The Morgan fingerprint density at radius 1 is 1.14 bits per heavy atom. The van der Waals surface area contributed by atoms with Gasteiger partial charge in [0.25, 0.3) is 0 Å². The molecular formula is C24H31NO2S. The van der Waals surface area contributed by atoms with E-state index in [9.17, 15) is 4.79 Å². The highest BCUT2D eigenvalue weighted by Crippen LogP contribution is 2.39. The van der Waals surface area contributed by atoms with Crippen molar-refractivity contribution >= 4 is 17.7 Å². The van der Waals surface area contributed by atoms with Gasteiger partial charge in [0.15, 0.2) is 0 Å². The lowest BCUT2D eigenvalue weighted by Gasteiger charge is -2.28. The zero-order valence-corrected chi connectivity index (χ0v) is 17.8. The van der Waals surface area contributed by atoms with Crippen LogP contribution in [-0.4, -0.2) is 23.1 Å². The summed E-state index contributed by atoms with van der Waals surface area (Å²) in [5, 5.41) is 0.131. The highest BCUT2D eigenvalue weighted by molar-refractivity contribution is 7.99. The molecule has 1 aliphatic rings. The van der Waals surface area contributed by atoms with E-state index in [0.29, 0.717) is 12.5 Å². The van der Waals surface area contributed by atoms with Crippen LogP contribution in [0.3, 0.4) is 0 Å². The summed E-state index contributed by atoms with van der Waals surface area (Å²) in [7, 11) is 0. The number of rotatable bonds is 9. The molecule has 0 radical (unpaired) electrons. The average molecular weight is 398 g/mol. The monoisotopic (exact) mass is 397 g/mol. The number of carbonyl (C=O) groups is 1. The Morgan fingerprint density at radius 3 is 2.57 bits per heavy atom. The molecule has 0 N–H and O–H groups in total. The largest absolute Gasteiger partial charge is 0.489 e. The molecule has 0 bridgehead atoms. The van der Waals surface area contributed by atoms with Crippen LogP contribution >= 0.6 is 11.8 Å². The smallest absolute Gasteiger partial charge is 0.226 e. The number of unbranched alkanes of at least 4 members (excludes halogenated alkanes) is 1. The molecule has 2 atom stereocenters. The molecule has 1 amide bonds. The lowest BCUT2D eigenvalue weighted by Crippen LogP contribution is -2.35. The number of thioether (sulfide) groups is 1. The summed E-state index contributed by atoms with van der Waals surface area (Å²) in [5.41, 5.74) is 2.35. The van der Waals surface area contributed by atoms with Crippen LogP contribution in [-0.2, 0) is 11.4 Å². The van der Waals surface area contributed by atoms with E-state index < -0.39 is 0 Å². The van der Waals surface area contributed by atoms with E-state index in [1.54, 1.807) is 0 Å². The second kappa shape index (κ2) is 10.6. The first kappa shape index (κ1) is 20.8. The van der Waals surface area contributed by atoms with Gasteiger partial charge in [0.2, 0.25) is 5.91 Å². The number of amides is 1. The molecule has 0 unspecified atom stereocenters. The molecule has 1 fully saturated rings. The first-order valence-electron chi connectivity index (χ1n) is 10.4. The van der Waals surface area contributed by atoms with Crippen molar-refractivity contribution < 1.29 is 9.53 Å². The summed E-state index contributed by atoms with van der Waals surface area (Å²) < 4.78 is 5.90. The third kappa shape index (κ3) is 5.32. The number of benzene rings is 2. The molecule has 1 heterocycles. The number of ether oxygens (including phenoxy) is 1. The van der Waals surface area contributed by atoms with Crippen molar-refractivity contribution in [2.45, 2.75) is 51.5 Å². The number of hydrogen-bond acceptors (Lipinski definition) is 3. The lowest BCUT2D eigenvalue weighted by atomic mass is 9.97. The van der Waals surface area contributed by atoms with E-state index >= 15 is 0 Å². The molecule has 0 aliphatic carbocycles. The van der Waals surface area contributed by atoms with Gasteiger partial charge in [-0.25, -0.2) is 0 Å². The van der Waals surface area contributed by atoms with E-state index in [0.717, 1.165) is 49.3 Å². The van der Waals surface area contributed by atoms with Gasteiger partial charge in [-0.1, -0.05) is 69.2 Å². The zero-order valence-electron chi connectivity index (χ0n) is 17.0. The predicted octanol–water partition coefficient (Wildman–Crippen LogP) is 6.06. The number of hydrogen-bond donors (Lipinski definition) is 0. The van der Waals surface area contributed by atoms with Crippen molar-refractivity contribution in [2.75, 3.05) is 12.3 Å². The third-order valence-corrected chi connectivity index (χ3v) is 6.60. The van der Waals surface area contributed by atoms with E-state index in [1.165, 1.54) is 5.56 Å². The fourth-order valence-electron chi connectivity index (χ4n) is 3.63. The minimum Gasteiger partial charge on any atom is -0.489 e. The molecule has 4 heteroatoms. The van der Waals surface area contributed by atoms with Crippen LogP contribution in [0.15, 0.2) is 54.6 Å². The van der Waals surface area contributed by atoms with Gasteiger partial charge in [-0.2, -0.15) is 0 Å². The second-order valence-corrected chi connectivity index (χ2v) is 8.53. The SMILES string of the molecule is CCCC[C@H](CC)C(=O)N1CCS[C@H]1c1ccc(OCc2ccccc2)cc1. The second-order valence-electron chi connectivity index (χ2n) is 7.35. The number of carbonyl (C=O) groups excluding carboxylic acids is 1. The van der Waals surface area contributed by atoms with Crippen LogP contribution < -0.4 is 4.74 Å². The maximum Gasteiger partial charge on any atom is 0.226 e. The first-order valence-corrected chi connectivity index (χ1v) is 11.5. The topological polar surface area (TPSA) is 29.5 Å². The van der Waals surface area contributed by atoms with E-state index in [-0.39, 0.29) is 11.3 Å². The molecule has 1 aliphatic heterocycles. The van der Waals surface area contributed by atoms with Crippen LogP contribution in [0.4, 0.5) is 0 Å². The summed E-state index contributed by atoms with van der Waals surface area (Å²) in [6, 6.07) is 18.4. The summed E-state index contributed by atoms with van der Waals surface area (Å²) in [6.45, 7) is 5.74. The molecule has 3 rings (SSSR count). The minimum absolute atomic E-state index is 0.131. The number of nitrogens with zero attached hydrogens (tertiary/aromatic N) is 1. The molecule has 0 aromatic heterocycles. The normalized spacial score (nSPS) is 17.5. The predicted molar refractivity (Wildman–Crippen MR) is 117 cm³/mol. The lowest BCUT2D eigenvalue weighted by molar-refractivity contribution is -0.136. The maximum absolute atomic E-state index is 13.1. The van der Waals surface area contributed by atoms with Crippen LogP contribution in [0.5, 0.6) is 5.75 Å². The molecule has 28 heavy (non-hydrogen) atoms. The van der Waals surface area contributed by atoms with Gasteiger partial charge in [-0.15, -0.1) is 11.8 Å². The Bertz CT molecular complexity index is 732. The van der Waals surface area contributed by atoms with Gasteiger partial charge in [0, 0.05) is 18.2 Å². The Balaban J connectivity index is 1.62. The van der Waals surface area contributed by atoms with Crippen molar-refractivity contribution in [1.29, 1.82) is 0 Å². The molecule has 150 valence electrons.